The molecule has 2 aromatic carbocycles. The second-order valence-electron chi connectivity index (χ2n) is 5.85. The topological polar surface area (TPSA) is 105 Å². The van der Waals surface area contributed by atoms with E-state index in [9.17, 15) is 14.8 Å². The van der Waals surface area contributed by atoms with Crippen molar-refractivity contribution in [3.63, 3.8) is 0 Å². The smallest absolute Gasteiger partial charge is 0.504 e. The molecule has 0 spiro atoms. The van der Waals surface area contributed by atoms with Crippen LogP contribution in [0.4, 0.5) is 0 Å². The first-order valence-electron chi connectivity index (χ1n) is 6.95. The maximum Gasteiger partial charge on any atom is 0.781 e. The van der Waals surface area contributed by atoms with E-state index >= 15 is 0 Å². The molecular weight excluding hydrogens is 323 g/mol. The average Bonchev–Trinajstić information content (AvgIpc) is 2.53. The van der Waals surface area contributed by atoms with Gasteiger partial charge in [-0.25, -0.2) is 9.78 Å². The zero-order valence-corrected chi connectivity index (χ0v) is 13.4. The summed E-state index contributed by atoms with van der Waals surface area (Å²) < 4.78 is 25.9. The van der Waals surface area contributed by atoms with Crippen molar-refractivity contribution in [2.45, 2.75) is 32.0 Å². The molecule has 2 atom stereocenters. The number of hydrogen-bond acceptors (Lipinski definition) is 7. The van der Waals surface area contributed by atoms with Crippen LogP contribution in [0, 0.1) is 0 Å². The Morgan fingerprint density at radius 2 is 1.96 bits per heavy atom. The van der Waals surface area contributed by atoms with E-state index in [1.54, 1.807) is 38.1 Å². The van der Waals surface area contributed by atoms with Gasteiger partial charge in [-0.1, -0.05) is 24.3 Å². The molecule has 0 amide bonds. The van der Waals surface area contributed by atoms with Crippen molar-refractivity contribution in [3.8, 4) is 17.2 Å². The fraction of sp³-hybridized carbons (Fsp3) is 0.333. The number of aromatic hydroxyl groups is 1. The quantitative estimate of drug-likeness (QED) is 0.448. The van der Waals surface area contributed by atoms with Gasteiger partial charge in [-0.2, -0.15) is 0 Å². The van der Waals surface area contributed by atoms with E-state index < -0.39 is 20.0 Å². The Hall–Kier alpha value is -1.92. The summed E-state index contributed by atoms with van der Waals surface area (Å²) >= 11 is 0. The van der Waals surface area contributed by atoms with Crippen LogP contribution < -0.4 is 9.26 Å². The maximum absolute atomic E-state index is 11.4. The molecule has 122 valence electrons. The van der Waals surface area contributed by atoms with Gasteiger partial charge in [0.15, 0.2) is 5.75 Å². The molecule has 3 N–H and O–H groups in total. The molecule has 0 saturated heterocycles. The number of aliphatic hydroxyl groups excluding tert-OH is 1. The van der Waals surface area contributed by atoms with Gasteiger partial charge in [0.25, 0.3) is 0 Å². The van der Waals surface area contributed by atoms with Gasteiger partial charge in [-0.05, 0) is 13.8 Å². The van der Waals surface area contributed by atoms with E-state index in [4.69, 9.17) is 14.5 Å². The van der Waals surface area contributed by atoms with Crippen molar-refractivity contribution >= 4 is 19.0 Å². The second kappa shape index (κ2) is 5.62. The molecule has 1 aliphatic heterocycles. The molecular formula is C15H16O7P+. The van der Waals surface area contributed by atoms with Gasteiger partial charge in [0.2, 0.25) is 5.75 Å². The predicted octanol–water partition coefficient (Wildman–Crippen LogP) is 3.15. The fourth-order valence-electron chi connectivity index (χ4n) is 2.67. The highest BCUT2D eigenvalue weighted by molar-refractivity contribution is 7.33. The second-order valence-corrected chi connectivity index (χ2v) is 6.65. The third kappa shape index (κ3) is 2.62. The zero-order valence-electron chi connectivity index (χ0n) is 12.5. The molecule has 23 heavy (non-hydrogen) atoms. The standard InChI is InChI=1S/C15H15O7P/c1-15(2)11(16)7-10-12(17)14(21-23(19)22-18)9-6-4-3-5-8(9)13(10)20-15/h3-6,11,16H,7H2,1-2H3,(H-,17,18)/p+1. The molecule has 0 fully saturated rings. The number of phenolic OH excluding ortho intramolecular Hbond substituents is 1. The van der Waals surface area contributed by atoms with Crippen LogP contribution in [0.2, 0.25) is 0 Å². The lowest BCUT2D eigenvalue weighted by atomic mass is 9.88. The minimum absolute atomic E-state index is 0.0926. The largest absolute Gasteiger partial charge is 0.781 e. The van der Waals surface area contributed by atoms with Crippen LogP contribution in [0.25, 0.3) is 10.8 Å². The molecule has 8 heteroatoms. The summed E-state index contributed by atoms with van der Waals surface area (Å²) in [4.78, 5) is 0. The van der Waals surface area contributed by atoms with E-state index in [2.05, 4.69) is 4.67 Å². The van der Waals surface area contributed by atoms with Crippen LogP contribution in [0.15, 0.2) is 24.3 Å². The lowest BCUT2D eigenvalue weighted by Gasteiger charge is -2.37. The van der Waals surface area contributed by atoms with Crippen molar-refractivity contribution in [2.75, 3.05) is 0 Å². The molecule has 1 aliphatic rings. The van der Waals surface area contributed by atoms with Gasteiger partial charge in [0, 0.05) is 27.3 Å². The normalized spacial score (nSPS) is 19.8. The Kier molecular flexibility index (Phi) is 3.90. The van der Waals surface area contributed by atoms with E-state index in [-0.39, 0.29) is 17.9 Å². The molecule has 0 aromatic heterocycles. The van der Waals surface area contributed by atoms with Crippen molar-refractivity contribution in [2.24, 2.45) is 0 Å². The van der Waals surface area contributed by atoms with Crippen molar-refractivity contribution in [1.82, 2.24) is 0 Å². The molecule has 3 rings (SSSR count). The number of aliphatic hydroxyl groups is 1. The van der Waals surface area contributed by atoms with Gasteiger partial charge in [0.1, 0.15) is 11.4 Å². The maximum atomic E-state index is 11.4. The first kappa shape index (κ1) is 16.0. The summed E-state index contributed by atoms with van der Waals surface area (Å²) in [7, 11) is -2.85. The molecule has 7 nitrogen and oxygen atoms in total. The molecule has 2 aromatic rings. The SMILES string of the molecule is CC1(C)Oc2c(c(O)c(O[P+](=O)OO)c3ccccc23)CC1O. The van der Waals surface area contributed by atoms with Gasteiger partial charge in [-0.15, -0.1) is 0 Å². The van der Waals surface area contributed by atoms with E-state index in [0.717, 1.165) is 0 Å². The third-order valence-corrected chi connectivity index (χ3v) is 4.45. The Balaban J connectivity index is 2.28. The highest BCUT2D eigenvalue weighted by Crippen LogP contribution is 2.51. The van der Waals surface area contributed by atoms with Crippen molar-refractivity contribution in [3.05, 3.63) is 29.8 Å². The predicted molar refractivity (Wildman–Crippen MR) is 82.0 cm³/mol. The number of benzene rings is 2. The number of hydrogen-bond donors (Lipinski definition) is 3. The number of fused-ring (bicyclic) bond motifs is 3. The summed E-state index contributed by atoms with van der Waals surface area (Å²) in [6, 6.07) is 6.93. The summed E-state index contributed by atoms with van der Waals surface area (Å²) in [5.41, 5.74) is -0.462. The van der Waals surface area contributed by atoms with Gasteiger partial charge in [-0.3, -0.25) is 0 Å². The Morgan fingerprint density at radius 3 is 2.61 bits per heavy atom. The van der Waals surface area contributed by atoms with Crippen molar-refractivity contribution in [1.29, 1.82) is 0 Å². The Bertz CT molecular complexity index is 787. The first-order chi connectivity index (χ1) is 10.8. The summed E-state index contributed by atoms with van der Waals surface area (Å²) in [6.45, 7) is 3.51. The zero-order chi connectivity index (χ0) is 16.8. The highest BCUT2D eigenvalue weighted by atomic mass is 31.1. The minimum Gasteiger partial charge on any atom is -0.504 e. The minimum atomic E-state index is -2.85. The van der Waals surface area contributed by atoms with Crippen LogP contribution in [-0.4, -0.2) is 27.2 Å². The third-order valence-electron chi connectivity index (χ3n) is 3.99. The van der Waals surface area contributed by atoms with Crippen LogP contribution in [-0.2, 0) is 15.7 Å². The Morgan fingerprint density at radius 1 is 1.30 bits per heavy atom. The molecule has 0 bridgehead atoms. The van der Waals surface area contributed by atoms with Crippen LogP contribution in [0.3, 0.4) is 0 Å². The van der Waals surface area contributed by atoms with Crippen LogP contribution in [0.5, 0.6) is 17.2 Å². The first-order valence-corrected chi connectivity index (χ1v) is 8.05. The number of rotatable bonds is 3. The average molecular weight is 339 g/mol. The summed E-state index contributed by atoms with van der Waals surface area (Å²) in [5.74, 6) is 0.0551. The highest BCUT2D eigenvalue weighted by Gasteiger charge is 2.40. The number of ether oxygens (including phenoxy) is 1. The molecule has 1 heterocycles. The van der Waals surface area contributed by atoms with E-state index in [1.165, 1.54) is 0 Å². The molecule has 0 aliphatic carbocycles. The monoisotopic (exact) mass is 339 g/mol. The van der Waals surface area contributed by atoms with Gasteiger partial charge in [0.05, 0.1) is 10.8 Å². The summed E-state index contributed by atoms with van der Waals surface area (Å²) in [5, 5.41) is 30.2. The lowest BCUT2D eigenvalue weighted by molar-refractivity contribution is -0.137. The van der Waals surface area contributed by atoms with Crippen molar-refractivity contribution < 1.29 is 34.0 Å². The van der Waals surface area contributed by atoms with E-state index in [1.807, 2.05) is 0 Å². The Labute approximate surface area is 132 Å². The number of phenols is 1. The van der Waals surface area contributed by atoms with E-state index in [0.29, 0.717) is 22.1 Å². The molecule has 2 unspecified atom stereocenters. The van der Waals surface area contributed by atoms with Gasteiger partial charge < -0.3 is 14.9 Å². The van der Waals surface area contributed by atoms with Crippen LogP contribution >= 0.6 is 8.25 Å². The van der Waals surface area contributed by atoms with Crippen LogP contribution in [0.1, 0.15) is 19.4 Å². The molecule has 0 radical (unpaired) electrons. The fourth-order valence-corrected chi connectivity index (χ4v) is 3.04. The molecule has 0 saturated carbocycles. The van der Waals surface area contributed by atoms with Gasteiger partial charge >= 0.3 is 8.25 Å². The summed E-state index contributed by atoms with van der Waals surface area (Å²) in [6.07, 6.45) is -0.690. The lowest BCUT2D eigenvalue weighted by Crippen LogP contribution is -2.46.